The SMILES string of the molecule is CCOC(=O)C(Nc1ccc(OC)cc1)c1cn(C)c2ccccc12. The molecule has 3 rings (SSSR count). The van der Waals surface area contributed by atoms with Crippen LogP contribution in [0.2, 0.25) is 0 Å². The Morgan fingerprint density at radius 3 is 2.56 bits per heavy atom. The molecule has 0 aliphatic carbocycles. The number of anilines is 1. The van der Waals surface area contributed by atoms with Crippen LogP contribution in [0.5, 0.6) is 5.75 Å². The van der Waals surface area contributed by atoms with Gasteiger partial charge in [0, 0.05) is 35.4 Å². The average Bonchev–Trinajstić information content (AvgIpc) is 2.97. The van der Waals surface area contributed by atoms with Crippen molar-refractivity contribution in [1.29, 1.82) is 0 Å². The molecule has 5 nitrogen and oxygen atoms in total. The van der Waals surface area contributed by atoms with Crippen LogP contribution in [0.15, 0.2) is 54.7 Å². The molecule has 1 atom stereocenters. The number of hydrogen-bond donors (Lipinski definition) is 1. The van der Waals surface area contributed by atoms with E-state index in [1.807, 2.05) is 73.3 Å². The standard InChI is InChI=1S/C20H22N2O3/c1-4-25-20(23)19(21-14-9-11-15(24-3)12-10-14)17-13-22(2)18-8-6-5-7-16(17)18/h5-13,19,21H,4H2,1-3H3. The average molecular weight is 338 g/mol. The number of hydrogen-bond acceptors (Lipinski definition) is 4. The van der Waals surface area contributed by atoms with E-state index in [0.717, 1.165) is 27.9 Å². The molecule has 3 aromatic rings. The van der Waals surface area contributed by atoms with Crippen LogP contribution in [0.1, 0.15) is 18.5 Å². The Kier molecular flexibility index (Phi) is 4.93. The molecule has 1 unspecified atom stereocenters. The largest absolute Gasteiger partial charge is 0.497 e. The first kappa shape index (κ1) is 16.9. The van der Waals surface area contributed by atoms with Crippen molar-refractivity contribution in [3.8, 4) is 5.75 Å². The van der Waals surface area contributed by atoms with E-state index in [0.29, 0.717) is 6.61 Å². The molecule has 0 aliphatic heterocycles. The Labute approximate surface area is 147 Å². The maximum Gasteiger partial charge on any atom is 0.333 e. The zero-order valence-electron chi connectivity index (χ0n) is 14.7. The van der Waals surface area contributed by atoms with E-state index in [1.54, 1.807) is 7.11 Å². The Hall–Kier alpha value is -2.95. The Balaban J connectivity index is 2.00. The number of benzene rings is 2. The topological polar surface area (TPSA) is 52.5 Å². The van der Waals surface area contributed by atoms with Crippen LogP contribution in [0.4, 0.5) is 5.69 Å². The number of rotatable bonds is 6. The van der Waals surface area contributed by atoms with Gasteiger partial charge in [0.15, 0.2) is 6.04 Å². The summed E-state index contributed by atoms with van der Waals surface area (Å²) in [7, 11) is 3.60. The number of fused-ring (bicyclic) bond motifs is 1. The molecule has 0 saturated carbocycles. The lowest BCUT2D eigenvalue weighted by Crippen LogP contribution is -2.23. The molecule has 25 heavy (non-hydrogen) atoms. The molecule has 0 radical (unpaired) electrons. The van der Waals surface area contributed by atoms with Crippen LogP contribution in [0, 0.1) is 0 Å². The minimum Gasteiger partial charge on any atom is -0.497 e. The lowest BCUT2D eigenvalue weighted by atomic mass is 10.1. The number of ether oxygens (including phenoxy) is 2. The molecular formula is C20H22N2O3. The van der Waals surface area contributed by atoms with Crippen LogP contribution >= 0.6 is 0 Å². The predicted molar refractivity (Wildman–Crippen MR) is 98.9 cm³/mol. The highest BCUT2D eigenvalue weighted by atomic mass is 16.5. The molecule has 0 amide bonds. The van der Waals surface area contributed by atoms with Crippen molar-refractivity contribution in [2.24, 2.45) is 7.05 Å². The van der Waals surface area contributed by atoms with Crippen LogP contribution in [-0.2, 0) is 16.6 Å². The second kappa shape index (κ2) is 7.30. The van der Waals surface area contributed by atoms with Gasteiger partial charge in [0.25, 0.3) is 0 Å². The number of aromatic nitrogens is 1. The summed E-state index contributed by atoms with van der Waals surface area (Å²) in [6, 6.07) is 14.9. The van der Waals surface area contributed by atoms with Crippen molar-refractivity contribution in [2.75, 3.05) is 19.0 Å². The highest BCUT2D eigenvalue weighted by molar-refractivity contribution is 5.91. The van der Waals surface area contributed by atoms with E-state index in [2.05, 4.69) is 5.32 Å². The van der Waals surface area contributed by atoms with E-state index >= 15 is 0 Å². The third-order valence-electron chi connectivity index (χ3n) is 4.16. The summed E-state index contributed by atoms with van der Waals surface area (Å²) < 4.78 is 12.5. The third-order valence-corrected chi connectivity index (χ3v) is 4.16. The van der Waals surface area contributed by atoms with Crippen molar-refractivity contribution in [1.82, 2.24) is 4.57 Å². The lowest BCUT2D eigenvalue weighted by molar-refractivity contribution is -0.144. The van der Waals surface area contributed by atoms with E-state index in [-0.39, 0.29) is 5.97 Å². The summed E-state index contributed by atoms with van der Waals surface area (Å²) >= 11 is 0. The number of para-hydroxylation sites is 1. The van der Waals surface area contributed by atoms with Crippen molar-refractivity contribution in [3.63, 3.8) is 0 Å². The lowest BCUT2D eigenvalue weighted by Gasteiger charge is -2.18. The van der Waals surface area contributed by atoms with Crippen molar-refractivity contribution >= 4 is 22.6 Å². The number of carbonyl (C=O) groups is 1. The predicted octanol–water partition coefficient (Wildman–Crippen LogP) is 3.90. The second-order valence-electron chi connectivity index (χ2n) is 5.77. The number of nitrogens with one attached hydrogen (secondary N) is 1. The van der Waals surface area contributed by atoms with Gasteiger partial charge in [-0.25, -0.2) is 4.79 Å². The summed E-state index contributed by atoms with van der Waals surface area (Å²) in [4.78, 5) is 12.6. The molecule has 130 valence electrons. The van der Waals surface area contributed by atoms with Gasteiger partial charge in [-0.05, 0) is 37.3 Å². The fraction of sp³-hybridized carbons (Fsp3) is 0.250. The fourth-order valence-electron chi connectivity index (χ4n) is 2.95. The number of esters is 1. The first-order chi connectivity index (χ1) is 12.1. The zero-order chi connectivity index (χ0) is 17.8. The summed E-state index contributed by atoms with van der Waals surface area (Å²) in [6.45, 7) is 2.15. The number of methoxy groups -OCH3 is 1. The van der Waals surface area contributed by atoms with E-state index < -0.39 is 6.04 Å². The van der Waals surface area contributed by atoms with Crippen LogP contribution in [0.25, 0.3) is 10.9 Å². The smallest absolute Gasteiger partial charge is 0.333 e. The normalized spacial score (nSPS) is 12.0. The first-order valence-electron chi connectivity index (χ1n) is 8.25. The van der Waals surface area contributed by atoms with Gasteiger partial charge in [-0.15, -0.1) is 0 Å². The molecule has 0 bridgehead atoms. The van der Waals surface area contributed by atoms with Gasteiger partial charge in [0.1, 0.15) is 5.75 Å². The second-order valence-corrected chi connectivity index (χ2v) is 5.77. The minimum absolute atomic E-state index is 0.297. The van der Waals surface area contributed by atoms with Gasteiger partial charge in [-0.3, -0.25) is 0 Å². The van der Waals surface area contributed by atoms with E-state index in [1.165, 1.54) is 0 Å². The Bertz CT molecular complexity index is 868. The van der Waals surface area contributed by atoms with Gasteiger partial charge >= 0.3 is 5.97 Å². The molecule has 5 heteroatoms. The molecule has 0 fully saturated rings. The first-order valence-corrected chi connectivity index (χ1v) is 8.25. The Morgan fingerprint density at radius 2 is 1.88 bits per heavy atom. The van der Waals surface area contributed by atoms with Gasteiger partial charge in [-0.1, -0.05) is 18.2 Å². The van der Waals surface area contributed by atoms with Crippen LogP contribution in [0.3, 0.4) is 0 Å². The van der Waals surface area contributed by atoms with Crippen LogP contribution in [-0.4, -0.2) is 24.3 Å². The maximum atomic E-state index is 12.6. The zero-order valence-corrected chi connectivity index (χ0v) is 14.7. The summed E-state index contributed by atoms with van der Waals surface area (Å²) in [5.41, 5.74) is 2.79. The third kappa shape index (κ3) is 3.45. The molecule has 1 N–H and O–H groups in total. The fourth-order valence-corrected chi connectivity index (χ4v) is 2.95. The molecule has 1 aromatic heterocycles. The quantitative estimate of drug-likeness (QED) is 0.693. The number of nitrogens with zero attached hydrogens (tertiary/aromatic N) is 1. The molecule has 1 heterocycles. The Morgan fingerprint density at radius 1 is 1.16 bits per heavy atom. The molecule has 0 saturated heterocycles. The van der Waals surface area contributed by atoms with Gasteiger partial charge in [-0.2, -0.15) is 0 Å². The monoisotopic (exact) mass is 338 g/mol. The van der Waals surface area contributed by atoms with Gasteiger partial charge < -0.3 is 19.4 Å². The van der Waals surface area contributed by atoms with E-state index in [9.17, 15) is 4.79 Å². The van der Waals surface area contributed by atoms with Gasteiger partial charge in [0.05, 0.1) is 13.7 Å². The molecule has 0 spiro atoms. The molecule has 0 aliphatic rings. The number of carbonyl (C=O) groups excluding carboxylic acids is 1. The summed E-state index contributed by atoms with van der Waals surface area (Å²) in [5.74, 6) is 0.470. The summed E-state index contributed by atoms with van der Waals surface area (Å²) in [6.07, 6.45) is 1.97. The van der Waals surface area contributed by atoms with Crippen molar-refractivity contribution < 1.29 is 14.3 Å². The van der Waals surface area contributed by atoms with Crippen LogP contribution < -0.4 is 10.1 Å². The van der Waals surface area contributed by atoms with Crippen molar-refractivity contribution in [3.05, 3.63) is 60.3 Å². The van der Waals surface area contributed by atoms with Gasteiger partial charge in [0.2, 0.25) is 0 Å². The summed E-state index contributed by atoms with van der Waals surface area (Å²) in [5, 5.41) is 4.32. The number of aryl methyl sites for hydroxylation is 1. The maximum absolute atomic E-state index is 12.6. The van der Waals surface area contributed by atoms with E-state index in [4.69, 9.17) is 9.47 Å². The van der Waals surface area contributed by atoms with Crippen molar-refractivity contribution in [2.45, 2.75) is 13.0 Å². The molecular weight excluding hydrogens is 316 g/mol. The minimum atomic E-state index is -0.584. The highest BCUT2D eigenvalue weighted by Gasteiger charge is 2.25. The molecule has 2 aromatic carbocycles. The highest BCUT2D eigenvalue weighted by Crippen LogP contribution is 2.30.